The van der Waals surface area contributed by atoms with Gasteiger partial charge in [0.2, 0.25) is 0 Å². The summed E-state index contributed by atoms with van der Waals surface area (Å²) in [6, 6.07) is 2.55. The number of nitrogens with zero attached hydrogens (tertiary/aromatic N) is 3. The van der Waals surface area contributed by atoms with Crippen LogP contribution in [0.15, 0.2) is 56.7 Å². The third-order valence-corrected chi connectivity index (χ3v) is 3.39. The third-order valence-electron chi connectivity index (χ3n) is 3.39. The molecule has 0 N–H and O–H groups in total. The molecule has 2 aliphatic heterocycles. The number of amidine groups is 2. The van der Waals surface area contributed by atoms with E-state index in [1.807, 2.05) is 0 Å². The van der Waals surface area contributed by atoms with E-state index in [0.717, 1.165) is 17.2 Å². The molecular formula is C14H9F6N3O. The maximum absolute atomic E-state index is 13.3. The fraction of sp³-hybridized carbons (Fsp3) is 0.286. The van der Waals surface area contributed by atoms with Crippen molar-refractivity contribution in [2.24, 2.45) is 9.98 Å². The van der Waals surface area contributed by atoms with Crippen molar-refractivity contribution in [3.63, 3.8) is 0 Å². The SMILES string of the molecule is CC1=CC2=NC(C(F)(F)F)(C(F)(F)F)N=C(c3ccco3)N2C=C1. The van der Waals surface area contributed by atoms with Crippen LogP contribution in [-0.2, 0) is 0 Å². The Bertz CT molecular complexity index is 753. The van der Waals surface area contributed by atoms with Crippen molar-refractivity contribution in [3.05, 3.63) is 48.1 Å². The van der Waals surface area contributed by atoms with Crippen molar-refractivity contribution in [1.82, 2.24) is 4.90 Å². The monoisotopic (exact) mass is 349 g/mol. The van der Waals surface area contributed by atoms with E-state index in [2.05, 4.69) is 9.98 Å². The molecule has 0 aliphatic carbocycles. The molecule has 0 unspecified atom stereocenters. The summed E-state index contributed by atoms with van der Waals surface area (Å²) in [5, 5.41) is 0. The highest BCUT2D eigenvalue weighted by Crippen LogP contribution is 2.49. The first-order chi connectivity index (χ1) is 11.1. The number of allylic oxidation sites excluding steroid dienone is 2. The van der Waals surface area contributed by atoms with Gasteiger partial charge in [0.1, 0.15) is 5.84 Å². The van der Waals surface area contributed by atoms with Crippen LogP contribution in [0.4, 0.5) is 26.3 Å². The number of hydrogen-bond donors (Lipinski definition) is 0. The quantitative estimate of drug-likeness (QED) is 0.718. The number of alkyl halides is 6. The molecule has 2 aliphatic rings. The minimum atomic E-state index is -5.77. The second-order valence-corrected chi connectivity index (χ2v) is 5.12. The summed E-state index contributed by atoms with van der Waals surface area (Å²) >= 11 is 0. The van der Waals surface area contributed by atoms with E-state index in [9.17, 15) is 26.3 Å². The largest absolute Gasteiger partial charge is 0.461 e. The van der Waals surface area contributed by atoms with Gasteiger partial charge in [0.15, 0.2) is 11.6 Å². The average molecular weight is 349 g/mol. The Kier molecular flexibility index (Phi) is 3.40. The lowest BCUT2D eigenvalue weighted by Gasteiger charge is -2.37. The minimum absolute atomic E-state index is 0.238. The molecule has 10 heteroatoms. The molecule has 3 rings (SSSR count). The Morgan fingerprint density at radius 2 is 1.75 bits per heavy atom. The van der Waals surface area contributed by atoms with Gasteiger partial charge in [-0.15, -0.1) is 0 Å². The van der Waals surface area contributed by atoms with Gasteiger partial charge >= 0.3 is 18.0 Å². The molecule has 3 heterocycles. The lowest BCUT2D eigenvalue weighted by Crippen LogP contribution is -2.58. The van der Waals surface area contributed by atoms with Gasteiger partial charge in [-0.1, -0.05) is 0 Å². The molecule has 0 spiro atoms. The van der Waals surface area contributed by atoms with Gasteiger partial charge in [-0.05, 0) is 36.8 Å². The number of furan rings is 1. The Balaban J connectivity index is 2.29. The van der Waals surface area contributed by atoms with Gasteiger partial charge in [-0.2, -0.15) is 26.3 Å². The summed E-state index contributed by atoms with van der Waals surface area (Å²) in [7, 11) is 0. The number of aliphatic imine (C=N–C) groups is 2. The molecule has 0 aromatic carbocycles. The molecule has 24 heavy (non-hydrogen) atoms. The zero-order valence-electron chi connectivity index (χ0n) is 12.0. The van der Waals surface area contributed by atoms with Gasteiger partial charge in [0, 0.05) is 6.20 Å². The highest BCUT2D eigenvalue weighted by molar-refractivity contribution is 6.14. The highest BCUT2D eigenvalue weighted by atomic mass is 19.4. The predicted octanol–water partition coefficient (Wildman–Crippen LogP) is 4.03. The van der Waals surface area contributed by atoms with Crippen LogP contribution in [0.3, 0.4) is 0 Å². The minimum Gasteiger partial charge on any atom is -0.461 e. The molecule has 1 aromatic rings. The van der Waals surface area contributed by atoms with Gasteiger partial charge < -0.3 is 4.42 Å². The molecule has 0 fully saturated rings. The van der Waals surface area contributed by atoms with Gasteiger partial charge in [-0.25, -0.2) is 9.98 Å². The lowest BCUT2D eigenvalue weighted by molar-refractivity contribution is -0.292. The number of rotatable bonds is 1. The number of fused-ring (bicyclic) bond motifs is 1. The fourth-order valence-electron chi connectivity index (χ4n) is 2.25. The molecule has 0 atom stereocenters. The molecule has 0 saturated heterocycles. The van der Waals surface area contributed by atoms with Gasteiger partial charge in [-0.3, -0.25) is 4.90 Å². The summed E-state index contributed by atoms with van der Waals surface area (Å²) in [5.74, 6) is -1.39. The summed E-state index contributed by atoms with van der Waals surface area (Å²) < 4.78 is 85.0. The average Bonchev–Trinajstić information content (AvgIpc) is 2.97. The Morgan fingerprint density at radius 3 is 2.29 bits per heavy atom. The Morgan fingerprint density at radius 1 is 1.08 bits per heavy atom. The van der Waals surface area contributed by atoms with Gasteiger partial charge in [0.25, 0.3) is 0 Å². The second-order valence-electron chi connectivity index (χ2n) is 5.12. The first kappa shape index (κ1) is 16.3. The molecule has 0 radical (unpaired) electrons. The first-order valence-electron chi connectivity index (χ1n) is 6.58. The van der Waals surface area contributed by atoms with Crippen molar-refractivity contribution in [2.75, 3.05) is 0 Å². The van der Waals surface area contributed by atoms with Crippen molar-refractivity contribution in [3.8, 4) is 0 Å². The molecule has 4 nitrogen and oxygen atoms in total. The van der Waals surface area contributed by atoms with Crippen molar-refractivity contribution >= 4 is 11.7 Å². The molecular weight excluding hydrogens is 340 g/mol. The second kappa shape index (κ2) is 4.99. The smallest absolute Gasteiger partial charge is 0.443 e. The molecule has 128 valence electrons. The zero-order valence-corrected chi connectivity index (χ0v) is 12.0. The normalized spacial score (nSPS) is 20.3. The van der Waals surface area contributed by atoms with Crippen molar-refractivity contribution < 1.29 is 30.8 Å². The van der Waals surface area contributed by atoms with Gasteiger partial charge in [0.05, 0.1) is 6.26 Å². The molecule has 1 aromatic heterocycles. The van der Waals surface area contributed by atoms with E-state index < -0.39 is 29.7 Å². The lowest BCUT2D eigenvalue weighted by atomic mass is 10.1. The summed E-state index contributed by atoms with van der Waals surface area (Å²) in [6.07, 6.45) is -6.52. The topological polar surface area (TPSA) is 41.1 Å². The van der Waals surface area contributed by atoms with E-state index in [1.165, 1.54) is 31.3 Å². The zero-order chi connectivity index (χ0) is 17.8. The maximum Gasteiger partial charge on any atom is 0.443 e. The van der Waals surface area contributed by atoms with Crippen LogP contribution in [-0.4, -0.2) is 34.6 Å². The van der Waals surface area contributed by atoms with Crippen LogP contribution in [0.2, 0.25) is 0 Å². The van der Waals surface area contributed by atoms with Crippen LogP contribution in [0.1, 0.15) is 12.7 Å². The standard InChI is InChI=1S/C14H9F6N3O/c1-8-4-5-23-10(7-8)21-12(13(15,16)17,14(18,19)20)22-11(23)9-3-2-6-24-9/h2-7H,1H3. The Hall–Kier alpha value is -2.52. The summed E-state index contributed by atoms with van der Waals surface area (Å²) in [4.78, 5) is 6.88. The van der Waals surface area contributed by atoms with Crippen LogP contribution >= 0.6 is 0 Å². The highest BCUT2D eigenvalue weighted by Gasteiger charge is 2.74. The molecule has 0 saturated carbocycles. The van der Waals surface area contributed by atoms with E-state index in [-0.39, 0.29) is 5.76 Å². The van der Waals surface area contributed by atoms with Crippen molar-refractivity contribution in [1.29, 1.82) is 0 Å². The van der Waals surface area contributed by atoms with Crippen LogP contribution in [0.5, 0.6) is 0 Å². The fourth-order valence-corrected chi connectivity index (χ4v) is 2.25. The van der Waals surface area contributed by atoms with Crippen LogP contribution in [0.25, 0.3) is 0 Å². The summed E-state index contributed by atoms with van der Waals surface area (Å²) in [5.41, 5.74) is -4.14. The Labute approximate surface area is 131 Å². The van der Waals surface area contributed by atoms with Crippen LogP contribution < -0.4 is 0 Å². The summed E-state index contributed by atoms with van der Waals surface area (Å²) in [6.45, 7) is 1.53. The van der Waals surface area contributed by atoms with Crippen molar-refractivity contribution in [2.45, 2.75) is 24.9 Å². The van der Waals surface area contributed by atoms with E-state index in [1.54, 1.807) is 0 Å². The number of halogens is 6. The maximum atomic E-state index is 13.3. The predicted molar refractivity (Wildman–Crippen MR) is 72.3 cm³/mol. The first-order valence-corrected chi connectivity index (χ1v) is 6.58. The molecule has 0 bridgehead atoms. The molecule has 0 amide bonds. The van der Waals surface area contributed by atoms with E-state index in [4.69, 9.17) is 4.42 Å². The van der Waals surface area contributed by atoms with E-state index >= 15 is 0 Å². The van der Waals surface area contributed by atoms with E-state index in [0.29, 0.717) is 5.57 Å². The number of hydrogen-bond acceptors (Lipinski definition) is 4. The van der Waals surface area contributed by atoms with Crippen LogP contribution in [0, 0.1) is 0 Å². The third kappa shape index (κ3) is 2.33.